The summed E-state index contributed by atoms with van der Waals surface area (Å²) >= 11 is 0. The molecule has 0 N–H and O–H groups in total. The molecule has 0 aliphatic heterocycles. The molecule has 0 aliphatic rings. The molecule has 0 saturated heterocycles. The number of esters is 1. The maximum Gasteiger partial charge on any atom is 0.333 e. The maximum atomic E-state index is 11.0. The third kappa shape index (κ3) is 7.43. The van der Waals surface area contributed by atoms with E-state index in [0.29, 0.717) is 25.5 Å². The Kier molecular flexibility index (Phi) is 8.85. The van der Waals surface area contributed by atoms with Crippen LogP contribution >= 0.6 is 0 Å². The lowest BCUT2D eigenvalue weighted by molar-refractivity contribution is -0.139. The van der Waals surface area contributed by atoms with Crippen LogP contribution in [0, 0.1) is 0 Å². The SMILES string of the molecule is C=C(C)C(=O)OCCCOCN(CC)CC. The van der Waals surface area contributed by atoms with Gasteiger partial charge >= 0.3 is 5.97 Å². The van der Waals surface area contributed by atoms with Crippen LogP contribution in [0.1, 0.15) is 27.2 Å². The lowest BCUT2D eigenvalue weighted by Gasteiger charge is -2.17. The predicted octanol–water partition coefficient (Wildman–Crippen LogP) is 1.81. The van der Waals surface area contributed by atoms with E-state index in [1.54, 1.807) is 6.92 Å². The molecular formula is C12H23NO3. The molecule has 0 atom stereocenters. The number of ether oxygens (including phenoxy) is 2. The van der Waals surface area contributed by atoms with Gasteiger partial charge in [0, 0.05) is 12.0 Å². The smallest absolute Gasteiger partial charge is 0.333 e. The Labute approximate surface area is 98.2 Å². The fourth-order valence-corrected chi connectivity index (χ4v) is 1.05. The summed E-state index contributed by atoms with van der Waals surface area (Å²) in [6.45, 7) is 13.0. The molecule has 16 heavy (non-hydrogen) atoms. The van der Waals surface area contributed by atoms with Gasteiger partial charge in [-0.1, -0.05) is 20.4 Å². The Balaban J connectivity index is 3.34. The van der Waals surface area contributed by atoms with Crippen molar-refractivity contribution in [1.29, 1.82) is 0 Å². The van der Waals surface area contributed by atoms with Crippen LogP contribution in [0.2, 0.25) is 0 Å². The fraction of sp³-hybridized carbons (Fsp3) is 0.750. The second-order valence-corrected chi connectivity index (χ2v) is 3.61. The Morgan fingerprint density at radius 2 is 1.88 bits per heavy atom. The lowest BCUT2D eigenvalue weighted by atomic mass is 10.4. The first-order chi connectivity index (χ1) is 7.61. The summed E-state index contributed by atoms with van der Waals surface area (Å²) in [6, 6.07) is 0. The van der Waals surface area contributed by atoms with Gasteiger partial charge in [0.05, 0.1) is 19.9 Å². The second-order valence-electron chi connectivity index (χ2n) is 3.61. The summed E-state index contributed by atoms with van der Waals surface area (Å²) in [7, 11) is 0. The number of nitrogens with zero attached hydrogens (tertiary/aromatic N) is 1. The quantitative estimate of drug-likeness (QED) is 0.262. The Hall–Kier alpha value is -0.870. The van der Waals surface area contributed by atoms with Crippen molar-refractivity contribution in [2.45, 2.75) is 27.2 Å². The normalized spacial score (nSPS) is 10.5. The summed E-state index contributed by atoms with van der Waals surface area (Å²) < 4.78 is 10.4. The van der Waals surface area contributed by atoms with Crippen molar-refractivity contribution in [2.24, 2.45) is 0 Å². The lowest BCUT2D eigenvalue weighted by Crippen LogP contribution is -2.26. The van der Waals surface area contributed by atoms with Crippen molar-refractivity contribution in [3.8, 4) is 0 Å². The number of carbonyl (C=O) groups is 1. The Bertz CT molecular complexity index is 212. The van der Waals surface area contributed by atoms with Crippen LogP contribution in [0.5, 0.6) is 0 Å². The summed E-state index contributed by atoms with van der Waals surface area (Å²) in [5.41, 5.74) is 0.434. The molecule has 0 unspecified atom stereocenters. The van der Waals surface area contributed by atoms with Crippen LogP contribution in [0.15, 0.2) is 12.2 Å². The fourth-order valence-electron chi connectivity index (χ4n) is 1.05. The van der Waals surface area contributed by atoms with Gasteiger partial charge in [0.25, 0.3) is 0 Å². The van der Waals surface area contributed by atoms with Crippen LogP contribution in [-0.2, 0) is 14.3 Å². The number of carbonyl (C=O) groups excluding carboxylic acids is 1. The first-order valence-corrected chi connectivity index (χ1v) is 5.74. The van der Waals surface area contributed by atoms with Gasteiger partial charge in [0.1, 0.15) is 0 Å². The van der Waals surface area contributed by atoms with Crippen molar-refractivity contribution in [3.63, 3.8) is 0 Å². The van der Waals surface area contributed by atoms with Crippen molar-refractivity contribution >= 4 is 5.97 Å². The van der Waals surface area contributed by atoms with Crippen LogP contribution in [0.25, 0.3) is 0 Å². The minimum absolute atomic E-state index is 0.330. The molecular weight excluding hydrogens is 206 g/mol. The summed E-state index contributed by atoms with van der Waals surface area (Å²) in [4.78, 5) is 13.2. The van der Waals surface area contributed by atoms with Crippen LogP contribution < -0.4 is 0 Å². The molecule has 0 rings (SSSR count). The monoisotopic (exact) mass is 229 g/mol. The van der Waals surface area contributed by atoms with Crippen LogP contribution in [0.3, 0.4) is 0 Å². The van der Waals surface area contributed by atoms with E-state index in [1.807, 2.05) is 0 Å². The topological polar surface area (TPSA) is 38.8 Å². The van der Waals surface area contributed by atoms with E-state index in [2.05, 4.69) is 25.3 Å². The predicted molar refractivity (Wildman–Crippen MR) is 64.1 cm³/mol. The van der Waals surface area contributed by atoms with Crippen molar-refractivity contribution in [1.82, 2.24) is 4.90 Å². The molecule has 0 amide bonds. The molecule has 0 aromatic carbocycles. The third-order valence-electron chi connectivity index (χ3n) is 2.18. The second kappa shape index (κ2) is 9.36. The van der Waals surface area contributed by atoms with Crippen molar-refractivity contribution in [2.75, 3.05) is 33.0 Å². The Morgan fingerprint density at radius 3 is 2.38 bits per heavy atom. The highest BCUT2D eigenvalue weighted by molar-refractivity contribution is 5.86. The van der Waals surface area contributed by atoms with Crippen molar-refractivity contribution in [3.05, 3.63) is 12.2 Å². The average molecular weight is 229 g/mol. The molecule has 0 saturated carbocycles. The van der Waals surface area contributed by atoms with E-state index in [9.17, 15) is 4.79 Å². The highest BCUT2D eigenvalue weighted by Gasteiger charge is 2.02. The molecule has 0 fully saturated rings. The molecule has 0 spiro atoms. The highest BCUT2D eigenvalue weighted by Crippen LogP contribution is 1.94. The number of rotatable bonds is 9. The summed E-state index contributed by atoms with van der Waals surface area (Å²) in [5, 5.41) is 0. The van der Waals surface area contributed by atoms with E-state index in [-0.39, 0.29) is 5.97 Å². The molecule has 0 aromatic heterocycles. The van der Waals surface area contributed by atoms with Gasteiger partial charge in [-0.15, -0.1) is 0 Å². The zero-order valence-electron chi connectivity index (χ0n) is 10.6. The van der Waals surface area contributed by atoms with Gasteiger partial charge in [-0.25, -0.2) is 4.79 Å². The van der Waals surface area contributed by atoms with Gasteiger partial charge in [-0.3, -0.25) is 4.90 Å². The number of hydrogen-bond acceptors (Lipinski definition) is 4. The minimum Gasteiger partial charge on any atom is -0.462 e. The van der Waals surface area contributed by atoms with Gasteiger partial charge in [-0.05, 0) is 20.0 Å². The highest BCUT2D eigenvalue weighted by atomic mass is 16.5. The largest absolute Gasteiger partial charge is 0.462 e. The average Bonchev–Trinajstić information content (AvgIpc) is 2.27. The van der Waals surface area contributed by atoms with Gasteiger partial charge in [0.2, 0.25) is 0 Å². The summed E-state index contributed by atoms with van der Waals surface area (Å²) in [6.07, 6.45) is 0.723. The molecule has 0 aromatic rings. The minimum atomic E-state index is -0.330. The zero-order chi connectivity index (χ0) is 12.4. The standard InChI is InChI=1S/C12H23NO3/c1-5-13(6-2)10-15-8-7-9-16-12(14)11(3)4/h3,5-10H2,1-2,4H3. The van der Waals surface area contributed by atoms with E-state index >= 15 is 0 Å². The summed E-state index contributed by atoms with van der Waals surface area (Å²) in [5.74, 6) is -0.330. The van der Waals surface area contributed by atoms with Crippen molar-refractivity contribution < 1.29 is 14.3 Å². The van der Waals surface area contributed by atoms with Crippen LogP contribution in [-0.4, -0.2) is 43.9 Å². The van der Waals surface area contributed by atoms with Gasteiger partial charge < -0.3 is 9.47 Å². The third-order valence-corrected chi connectivity index (χ3v) is 2.18. The van der Waals surface area contributed by atoms with E-state index < -0.39 is 0 Å². The van der Waals surface area contributed by atoms with E-state index in [0.717, 1.165) is 19.5 Å². The first-order valence-electron chi connectivity index (χ1n) is 5.74. The molecule has 0 radical (unpaired) electrons. The molecule has 0 aliphatic carbocycles. The maximum absolute atomic E-state index is 11.0. The van der Waals surface area contributed by atoms with E-state index in [4.69, 9.17) is 9.47 Å². The van der Waals surface area contributed by atoms with Crippen LogP contribution in [0.4, 0.5) is 0 Å². The van der Waals surface area contributed by atoms with Gasteiger partial charge in [0.15, 0.2) is 0 Å². The van der Waals surface area contributed by atoms with Gasteiger partial charge in [-0.2, -0.15) is 0 Å². The molecule has 4 nitrogen and oxygen atoms in total. The Morgan fingerprint density at radius 1 is 1.25 bits per heavy atom. The molecule has 4 heteroatoms. The first kappa shape index (κ1) is 15.1. The molecule has 0 heterocycles. The molecule has 94 valence electrons. The molecule has 0 bridgehead atoms. The zero-order valence-corrected chi connectivity index (χ0v) is 10.6. The van der Waals surface area contributed by atoms with E-state index in [1.165, 1.54) is 0 Å². The number of hydrogen-bond donors (Lipinski definition) is 0.